The van der Waals surface area contributed by atoms with Gasteiger partial charge in [0.1, 0.15) is 5.82 Å². The minimum Gasteiger partial charge on any atom is -0.338 e. The van der Waals surface area contributed by atoms with Crippen molar-refractivity contribution in [3.63, 3.8) is 0 Å². The third kappa shape index (κ3) is 2.70. The summed E-state index contributed by atoms with van der Waals surface area (Å²) in [6.07, 6.45) is -4.81. The van der Waals surface area contributed by atoms with Crippen LogP contribution in [0.5, 0.6) is 0 Å². The van der Waals surface area contributed by atoms with Crippen LogP contribution in [-0.4, -0.2) is 30.4 Å². The van der Waals surface area contributed by atoms with Crippen molar-refractivity contribution in [3.05, 3.63) is 35.1 Å². The Labute approximate surface area is 107 Å². The fraction of sp³-hybridized carbons (Fsp3) is 0.417. The second-order valence-electron chi connectivity index (χ2n) is 4.50. The van der Waals surface area contributed by atoms with Gasteiger partial charge >= 0.3 is 6.18 Å². The number of nitrogens with zero attached hydrogens (tertiary/aromatic N) is 1. The summed E-state index contributed by atoms with van der Waals surface area (Å²) in [4.78, 5) is 13.3. The Morgan fingerprint density at radius 1 is 1.37 bits per heavy atom. The van der Waals surface area contributed by atoms with Crippen LogP contribution in [0.25, 0.3) is 0 Å². The molecule has 1 aromatic rings. The molecule has 0 spiro atoms. The Kier molecular flexibility index (Phi) is 3.49. The Morgan fingerprint density at radius 2 is 2.00 bits per heavy atom. The lowest BCUT2D eigenvalue weighted by Crippen LogP contribution is -2.52. The van der Waals surface area contributed by atoms with Gasteiger partial charge in [0, 0.05) is 24.6 Å². The van der Waals surface area contributed by atoms with Gasteiger partial charge < -0.3 is 10.6 Å². The number of hydrogen-bond acceptors (Lipinski definition) is 2. The molecular formula is C12H12F4N2O. The van der Waals surface area contributed by atoms with E-state index in [9.17, 15) is 22.4 Å². The molecule has 0 bridgehead atoms. The van der Waals surface area contributed by atoms with Gasteiger partial charge in [-0.3, -0.25) is 4.79 Å². The molecule has 2 N–H and O–H groups in total. The molecule has 0 atom stereocenters. The van der Waals surface area contributed by atoms with Crippen molar-refractivity contribution < 1.29 is 22.4 Å². The maximum absolute atomic E-state index is 13.1. The van der Waals surface area contributed by atoms with E-state index in [1.54, 1.807) is 0 Å². The van der Waals surface area contributed by atoms with E-state index in [1.807, 2.05) is 0 Å². The van der Waals surface area contributed by atoms with E-state index in [4.69, 9.17) is 5.73 Å². The number of hydrogen-bond donors (Lipinski definition) is 1. The molecule has 0 unspecified atom stereocenters. The van der Waals surface area contributed by atoms with Gasteiger partial charge in [0.05, 0.1) is 5.56 Å². The lowest BCUT2D eigenvalue weighted by atomic mass is 9.98. The van der Waals surface area contributed by atoms with Crippen LogP contribution in [0.15, 0.2) is 18.2 Å². The Bertz CT molecular complexity index is 495. The van der Waals surface area contributed by atoms with Crippen LogP contribution < -0.4 is 5.73 Å². The van der Waals surface area contributed by atoms with Gasteiger partial charge in [0.25, 0.3) is 5.91 Å². The van der Waals surface area contributed by atoms with Gasteiger partial charge in [-0.25, -0.2) is 4.39 Å². The summed E-state index contributed by atoms with van der Waals surface area (Å²) >= 11 is 0. The third-order valence-corrected chi connectivity index (χ3v) is 3.10. The highest BCUT2D eigenvalue weighted by Gasteiger charge is 2.36. The van der Waals surface area contributed by atoms with Crippen molar-refractivity contribution in [3.8, 4) is 0 Å². The van der Waals surface area contributed by atoms with Gasteiger partial charge in [-0.2, -0.15) is 13.2 Å². The number of carbonyl (C=O) groups excluding carboxylic acids is 1. The molecule has 104 valence electrons. The van der Waals surface area contributed by atoms with Crippen LogP contribution in [0.3, 0.4) is 0 Å². The molecule has 19 heavy (non-hydrogen) atoms. The molecule has 1 aliphatic rings. The van der Waals surface area contributed by atoms with E-state index in [-0.39, 0.29) is 11.5 Å². The van der Waals surface area contributed by atoms with Crippen LogP contribution in [0.2, 0.25) is 0 Å². The zero-order chi connectivity index (χ0) is 14.2. The number of benzene rings is 1. The van der Waals surface area contributed by atoms with Crippen LogP contribution in [0.4, 0.5) is 17.6 Å². The summed E-state index contributed by atoms with van der Waals surface area (Å²) in [6, 6.07) is 2.27. The van der Waals surface area contributed by atoms with E-state index in [2.05, 4.69) is 0 Å². The molecule has 2 rings (SSSR count). The summed E-state index contributed by atoms with van der Waals surface area (Å²) in [7, 11) is 0. The SMILES string of the molecule is NCC1CN(C(=O)c2ccc(F)c(C(F)(F)F)c2)C1. The quantitative estimate of drug-likeness (QED) is 0.838. The first-order valence-electron chi connectivity index (χ1n) is 5.69. The average molecular weight is 276 g/mol. The minimum atomic E-state index is -4.81. The molecule has 0 aliphatic carbocycles. The number of carbonyl (C=O) groups is 1. The van der Waals surface area contributed by atoms with Crippen molar-refractivity contribution in [1.82, 2.24) is 4.90 Å². The molecule has 1 amide bonds. The average Bonchev–Trinajstić information content (AvgIpc) is 2.26. The summed E-state index contributed by atoms with van der Waals surface area (Å²) in [5.41, 5.74) is 3.81. The first kappa shape index (κ1) is 13.8. The van der Waals surface area contributed by atoms with Gasteiger partial charge in [-0.05, 0) is 24.7 Å². The highest BCUT2D eigenvalue weighted by molar-refractivity contribution is 5.95. The second-order valence-corrected chi connectivity index (χ2v) is 4.50. The number of alkyl halides is 3. The van der Waals surface area contributed by atoms with Crippen LogP contribution >= 0.6 is 0 Å². The van der Waals surface area contributed by atoms with Crippen LogP contribution in [0.1, 0.15) is 15.9 Å². The van der Waals surface area contributed by atoms with Crippen molar-refractivity contribution in [2.24, 2.45) is 11.7 Å². The van der Waals surface area contributed by atoms with Crippen molar-refractivity contribution in [2.75, 3.05) is 19.6 Å². The van der Waals surface area contributed by atoms with E-state index >= 15 is 0 Å². The molecule has 1 fully saturated rings. The van der Waals surface area contributed by atoms with Crippen LogP contribution in [0, 0.1) is 11.7 Å². The predicted molar refractivity (Wildman–Crippen MR) is 59.8 cm³/mol. The second kappa shape index (κ2) is 4.80. The van der Waals surface area contributed by atoms with E-state index in [0.29, 0.717) is 31.8 Å². The Morgan fingerprint density at radius 3 is 2.53 bits per heavy atom. The zero-order valence-electron chi connectivity index (χ0n) is 9.88. The topological polar surface area (TPSA) is 46.3 Å². The number of likely N-dealkylation sites (tertiary alicyclic amines) is 1. The molecular weight excluding hydrogens is 264 g/mol. The lowest BCUT2D eigenvalue weighted by molar-refractivity contribution is -0.140. The summed E-state index contributed by atoms with van der Waals surface area (Å²) in [6.45, 7) is 1.28. The number of amides is 1. The van der Waals surface area contributed by atoms with Crippen molar-refractivity contribution >= 4 is 5.91 Å². The summed E-state index contributed by atoms with van der Waals surface area (Å²) < 4.78 is 50.7. The van der Waals surface area contributed by atoms with E-state index < -0.39 is 23.5 Å². The maximum Gasteiger partial charge on any atom is 0.419 e. The normalized spacial score (nSPS) is 16.4. The standard InChI is InChI=1S/C12H12F4N2O/c13-10-2-1-8(3-9(10)12(14,15)16)11(19)18-5-7(4-17)6-18/h1-3,7H,4-6,17H2. The van der Waals surface area contributed by atoms with Gasteiger partial charge in [-0.1, -0.05) is 0 Å². The number of rotatable bonds is 2. The zero-order valence-corrected chi connectivity index (χ0v) is 9.88. The van der Waals surface area contributed by atoms with Crippen molar-refractivity contribution in [1.29, 1.82) is 0 Å². The molecule has 1 heterocycles. The minimum absolute atomic E-state index is 0.163. The summed E-state index contributed by atoms with van der Waals surface area (Å²) in [5, 5.41) is 0. The third-order valence-electron chi connectivity index (χ3n) is 3.10. The molecule has 3 nitrogen and oxygen atoms in total. The lowest BCUT2D eigenvalue weighted by Gasteiger charge is -2.38. The number of nitrogens with two attached hydrogens (primary N) is 1. The molecule has 0 saturated carbocycles. The van der Waals surface area contributed by atoms with Crippen molar-refractivity contribution in [2.45, 2.75) is 6.18 Å². The highest BCUT2D eigenvalue weighted by Crippen LogP contribution is 2.32. The molecule has 1 saturated heterocycles. The molecule has 0 aromatic heterocycles. The Balaban J connectivity index is 2.20. The Hall–Kier alpha value is -1.63. The highest BCUT2D eigenvalue weighted by atomic mass is 19.4. The maximum atomic E-state index is 13.1. The largest absolute Gasteiger partial charge is 0.419 e. The fourth-order valence-electron chi connectivity index (χ4n) is 1.94. The molecule has 1 aliphatic heterocycles. The molecule has 0 radical (unpaired) electrons. The van der Waals surface area contributed by atoms with Gasteiger partial charge in [0.2, 0.25) is 0 Å². The number of halogens is 4. The molecule has 7 heteroatoms. The predicted octanol–water partition coefficient (Wildman–Crippen LogP) is 1.88. The fourth-order valence-corrected chi connectivity index (χ4v) is 1.94. The monoisotopic (exact) mass is 276 g/mol. The van der Waals surface area contributed by atoms with Gasteiger partial charge in [-0.15, -0.1) is 0 Å². The first-order valence-corrected chi connectivity index (χ1v) is 5.69. The molecule has 1 aromatic carbocycles. The smallest absolute Gasteiger partial charge is 0.338 e. The summed E-state index contributed by atoms with van der Waals surface area (Å²) in [5.74, 6) is -1.73. The van der Waals surface area contributed by atoms with E-state index in [0.717, 1.165) is 6.07 Å². The van der Waals surface area contributed by atoms with E-state index in [1.165, 1.54) is 4.90 Å². The van der Waals surface area contributed by atoms with Crippen LogP contribution in [-0.2, 0) is 6.18 Å². The van der Waals surface area contributed by atoms with Gasteiger partial charge in [0.15, 0.2) is 0 Å². The first-order chi connectivity index (χ1) is 8.82.